The number of ether oxygens (including phenoxy) is 1. The van der Waals surface area contributed by atoms with Gasteiger partial charge in [-0.15, -0.1) is 0 Å². The van der Waals surface area contributed by atoms with Crippen LogP contribution in [0.25, 0.3) is 0 Å². The molecule has 11 heteroatoms. The van der Waals surface area contributed by atoms with Crippen LogP contribution in [0.5, 0.6) is 0 Å². The number of allylic oxidation sites excluding steroid dienone is 1. The van der Waals surface area contributed by atoms with Crippen LogP contribution in [0, 0.1) is 28.6 Å². The topological polar surface area (TPSA) is 188 Å². The number of carbonyl (C=O) groups is 5. The first-order valence-corrected chi connectivity index (χ1v) is 15.8. The maximum absolute atomic E-state index is 13.5. The van der Waals surface area contributed by atoms with Crippen molar-refractivity contribution in [3.63, 3.8) is 0 Å². The molecule has 244 valence electrons. The minimum atomic E-state index is -1.80. The van der Waals surface area contributed by atoms with Gasteiger partial charge >= 0.3 is 11.9 Å². The number of ketones is 2. The van der Waals surface area contributed by atoms with Gasteiger partial charge in [-0.1, -0.05) is 49.8 Å². The lowest BCUT2D eigenvalue weighted by atomic mass is 9.45. The average Bonchev–Trinajstić information content (AvgIpc) is 3.28. The van der Waals surface area contributed by atoms with Crippen LogP contribution in [0.1, 0.15) is 83.3 Å². The van der Waals surface area contributed by atoms with Gasteiger partial charge in [0.1, 0.15) is 11.7 Å². The summed E-state index contributed by atoms with van der Waals surface area (Å²) in [5, 5.41) is 45.5. The third-order valence-electron chi connectivity index (χ3n) is 11.5. The molecule has 0 bridgehead atoms. The molecule has 3 fully saturated rings. The first kappa shape index (κ1) is 33.0. The number of aliphatic hydroxyl groups is 3. The van der Waals surface area contributed by atoms with Gasteiger partial charge in [0, 0.05) is 18.3 Å². The number of esters is 1. The van der Waals surface area contributed by atoms with E-state index >= 15 is 0 Å². The van der Waals surface area contributed by atoms with Crippen LogP contribution >= 0.6 is 0 Å². The molecule has 0 spiro atoms. The first-order valence-electron chi connectivity index (χ1n) is 15.8. The predicted octanol–water partition coefficient (Wildman–Crippen LogP) is 2.42. The molecule has 0 aliphatic heterocycles. The summed E-state index contributed by atoms with van der Waals surface area (Å²) in [4.78, 5) is 62.2. The molecule has 5 N–H and O–H groups in total. The molecular weight excluding hydrogens is 582 g/mol. The van der Waals surface area contributed by atoms with Crippen molar-refractivity contribution in [2.75, 3.05) is 6.61 Å². The zero-order valence-corrected chi connectivity index (χ0v) is 25.7. The molecule has 0 unspecified atom stereocenters. The second-order valence-corrected chi connectivity index (χ2v) is 13.8. The summed E-state index contributed by atoms with van der Waals surface area (Å²) in [5.74, 6) is -3.66. The van der Waals surface area contributed by atoms with Crippen LogP contribution in [0.3, 0.4) is 0 Å². The van der Waals surface area contributed by atoms with E-state index in [1.165, 1.54) is 12.1 Å². The van der Waals surface area contributed by atoms with Crippen molar-refractivity contribution in [2.24, 2.45) is 28.6 Å². The SMILES string of the molecule is C[C@]12CCC(=O)C=C1CC[C@@H]1[C@@H]2[C@@H](O)C[C@@]2(C)[C@H]1CC[C@]2(O)C(=O)COC(=O)CCC(=O)N[C@H](C(=O)O)[C@H](O)c1ccccc1. The highest BCUT2D eigenvalue weighted by Crippen LogP contribution is 2.67. The summed E-state index contributed by atoms with van der Waals surface area (Å²) in [6, 6.07) is 6.35. The fourth-order valence-corrected chi connectivity index (χ4v) is 9.07. The number of rotatable bonds is 10. The van der Waals surface area contributed by atoms with Crippen LogP contribution in [0.2, 0.25) is 0 Å². The number of fused-ring (bicyclic) bond motifs is 5. The molecule has 1 amide bonds. The largest absolute Gasteiger partial charge is 0.480 e. The summed E-state index contributed by atoms with van der Waals surface area (Å²) in [6.07, 6.45) is 2.23. The Hall–Kier alpha value is -3.41. The zero-order valence-electron chi connectivity index (χ0n) is 25.7. The Bertz CT molecular complexity index is 1390. The van der Waals surface area contributed by atoms with Gasteiger partial charge in [0.2, 0.25) is 11.7 Å². The van der Waals surface area contributed by atoms with Crippen molar-refractivity contribution in [2.45, 2.75) is 95.5 Å². The number of hydrogen-bond donors (Lipinski definition) is 5. The minimum absolute atomic E-state index is 0.0244. The smallest absolute Gasteiger partial charge is 0.329 e. The van der Waals surface area contributed by atoms with Crippen LogP contribution in [-0.2, 0) is 28.7 Å². The number of carbonyl (C=O) groups excluding carboxylic acids is 4. The molecule has 1 aromatic carbocycles. The van der Waals surface area contributed by atoms with Crippen molar-refractivity contribution in [3.05, 3.63) is 47.5 Å². The molecule has 4 aliphatic rings. The Morgan fingerprint density at radius 1 is 1.04 bits per heavy atom. The summed E-state index contributed by atoms with van der Waals surface area (Å²) in [6.45, 7) is 3.28. The molecule has 0 saturated heterocycles. The maximum Gasteiger partial charge on any atom is 0.329 e. The molecule has 0 radical (unpaired) electrons. The quantitative estimate of drug-likeness (QED) is 0.242. The maximum atomic E-state index is 13.5. The lowest BCUT2D eigenvalue weighted by molar-refractivity contribution is -0.184. The highest BCUT2D eigenvalue weighted by atomic mass is 16.5. The van der Waals surface area contributed by atoms with Gasteiger partial charge in [0.05, 0.1) is 12.5 Å². The highest BCUT2D eigenvalue weighted by Gasteiger charge is 2.68. The third-order valence-corrected chi connectivity index (χ3v) is 11.5. The van der Waals surface area contributed by atoms with E-state index in [1.54, 1.807) is 24.3 Å². The molecule has 11 nitrogen and oxygen atoms in total. The van der Waals surface area contributed by atoms with E-state index in [9.17, 15) is 44.4 Å². The van der Waals surface area contributed by atoms with E-state index < -0.39 is 72.3 Å². The zero-order chi connectivity index (χ0) is 32.7. The van der Waals surface area contributed by atoms with Crippen molar-refractivity contribution in [1.29, 1.82) is 0 Å². The third kappa shape index (κ3) is 5.86. The molecule has 9 atom stereocenters. The molecular formula is C34H43NO10. The molecule has 4 aliphatic carbocycles. The molecule has 0 heterocycles. The van der Waals surface area contributed by atoms with Crippen molar-refractivity contribution >= 4 is 29.4 Å². The van der Waals surface area contributed by atoms with E-state index in [4.69, 9.17) is 4.74 Å². The number of aliphatic hydroxyl groups excluding tert-OH is 2. The number of aliphatic carboxylic acids is 1. The number of Topliss-reactive ketones (excluding diaryl/α,β-unsaturated/α-hetero) is 1. The van der Waals surface area contributed by atoms with Gasteiger partial charge in [0.15, 0.2) is 18.4 Å². The molecule has 45 heavy (non-hydrogen) atoms. The lowest BCUT2D eigenvalue weighted by Gasteiger charge is -2.60. The predicted molar refractivity (Wildman–Crippen MR) is 159 cm³/mol. The second kappa shape index (κ2) is 12.4. The van der Waals surface area contributed by atoms with Crippen molar-refractivity contribution in [3.8, 4) is 0 Å². The van der Waals surface area contributed by atoms with Crippen molar-refractivity contribution in [1.82, 2.24) is 5.32 Å². The van der Waals surface area contributed by atoms with Gasteiger partial charge in [-0.05, 0) is 73.3 Å². The Morgan fingerprint density at radius 3 is 2.44 bits per heavy atom. The van der Waals surface area contributed by atoms with E-state index in [0.29, 0.717) is 24.8 Å². The average molecular weight is 626 g/mol. The number of hydrogen-bond acceptors (Lipinski definition) is 9. The number of benzene rings is 1. The van der Waals surface area contributed by atoms with E-state index in [1.807, 2.05) is 6.92 Å². The fourth-order valence-electron chi connectivity index (χ4n) is 9.07. The fraction of sp³-hybridized carbons (Fsp3) is 0.618. The van der Waals surface area contributed by atoms with E-state index in [0.717, 1.165) is 18.4 Å². The Balaban J connectivity index is 1.17. The second-order valence-electron chi connectivity index (χ2n) is 13.8. The Kier molecular flexibility index (Phi) is 9.09. The minimum Gasteiger partial charge on any atom is -0.480 e. The summed E-state index contributed by atoms with van der Waals surface area (Å²) >= 11 is 0. The summed E-state index contributed by atoms with van der Waals surface area (Å²) in [5.41, 5.74) is -1.63. The Labute approximate surface area is 262 Å². The number of carboxylic acids is 1. The molecule has 1 aromatic rings. The lowest BCUT2D eigenvalue weighted by Crippen LogP contribution is -2.62. The Morgan fingerprint density at radius 2 is 1.76 bits per heavy atom. The van der Waals surface area contributed by atoms with E-state index in [2.05, 4.69) is 12.2 Å². The van der Waals surface area contributed by atoms with Gasteiger partial charge in [-0.3, -0.25) is 19.2 Å². The van der Waals surface area contributed by atoms with Crippen LogP contribution in [0.15, 0.2) is 42.0 Å². The summed E-state index contributed by atoms with van der Waals surface area (Å²) < 4.78 is 5.16. The van der Waals surface area contributed by atoms with Crippen molar-refractivity contribution < 1.29 is 49.1 Å². The van der Waals surface area contributed by atoms with Gasteiger partial charge in [-0.2, -0.15) is 0 Å². The molecule has 3 saturated carbocycles. The normalized spacial score (nSPS) is 35.1. The van der Waals surface area contributed by atoms with Crippen LogP contribution in [-0.4, -0.2) is 74.2 Å². The van der Waals surface area contributed by atoms with Crippen LogP contribution in [0.4, 0.5) is 0 Å². The van der Waals surface area contributed by atoms with Crippen LogP contribution < -0.4 is 5.32 Å². The van der Waals surface area contributed by atoms with Gasteiger partial charge < -0.3 is 30.5 Å². The molecule has 5 rings (SSSR count). The number of amides is 1. The number of carboxylic acid groups (broad SMARTS) is 1. The standard InChI is InChI=1S/C34H43NO10/c1-32-14-12-21(36)16-20(32)8-9-22-23-13-15-34(44,33(23,2)17-24(37)28(22)32)25(38)18-45-27(40)11-10-26(39)35-29(31(42)43)30(41)19-6-4-3-5-7-19/h3-7,16,22-24,28-30,37,41,44H,8-15,17-18H2,1-2H3,(H,35,39)(H,42,43)/t22-,23-,24-,28+,29-,30+,32-,33-,34-/m0/s1. The molecule has 0 aromatic heterocycles. The monoisotopic (exact) mass is 625 g/mol. The van der Waals surface area contributed by atoms with Gasteiger partial charge in [0.25, 0.3) is 0 Å². The highest BCUT2D eigenvalue weighted by molar-refractivity contribution is 5.92. The van der Waals surface area contributed by atoms with E-state index in [-0.39, 0.29) is 41.8 Å². The van der Waals surface area contributed by atoms with Gasteiger partial charge in [-0.25, -0.2) is 4.79 Å². The number of nitrogens with one attached hydrogen (secondary N) is 1. The first-order chi connectivity index (χ1) is 21.2. The summed E-state index contributed by atoms with van der Waals surface area (Å²) in [7, 11) is 0.